The molecule has 310 valence electrons. The van der Waals surface area contributed by atoms with E-state index in [4.69, 9.17) is 0 Å². The van der Waals surface area contributed by atoms with Crippen LogP contribution in [0.15, 0.2) is 260 Å². The van der Waals surface area contributed by atoms with Crippen LogP contribution in [0.25, 0.3) is 43.5 Å². The molecule has 0 amide bonds. The Balaban J connectivity index is 1.10. The highest BCUT2D eigenvalue weighted by molar-refractivity contribution is 7.17. The number of rotatable bonds is 8. The first kappa shape index (κ1) is 34.4. The van der Waals surface area contributed by atoms with Gasteiger partial charge in [-0.05, 0) is 137 Å². The third-order valence-corrected chi connectivity index (χ3v) is 14.9. The highest BCUT2D eigenvalue weighted by Crippen LogP contribution is 2.59. The van der Waals surface area contributed by atoms with Crippen LogP contribution in [0.3, 0.4) is 0 Å². The van der Waals surface area contributed by atoms with E-state index in [1.165, 1.54) is 11.1 Å². The Morgan fingerprint density at radius 3 is 1.39 bits per heavy atom. The second-order valence-corrected chi connectivity index (χ2v) is 18.2. The molecule has 0 unspecified atom stereocenters. The molecule has 0 atom stereocenters. The molecule has 2 heteroatoms. The van der Waals surface area contributed by atoms with E-state index in [0.29, 0.717) is 5.56 Å². The monoisotopic (exact) mass is 861 g/mol. The standard InChI is InChI=1S/C64H43NS/c1-5-17-47(18-6-1)63(48-19-7-2-8-20-48)59-28-16-14-26-55(59)57-42-52(36-38-60(57)63)65(51-33-31-44(32-34-51)46-30-29-45-39-40-66-62(45)41-46)53-35-37-56-54-25-13-15-27-58(54)64(61(56)43-53,49-21-9-3-10-22-49)50-23-11-4-12-24-50/h1-43H/i31D,32D,33D,34D. The van der Waals surface area contributed by atoms with Crippen LogP contribution in [0, 0.1) is 0 Å². The summed E-state index contributed by atoms with van der Waals surface area (Å²) in [6, 6.07) is 80.7. The second-order valence-electron chi connectivity index (χ2n) is 17.2. The molecule has 0 bridgehead atoms. The molecule has 2 aliphatic carbocycles. The number of thiophene rings is 1. The van der Waals surface area contributed by atoms with Crippen LogP contribution in [0.1, 0.15) is 50.0 Å². The predicted molar refractivity (Wildman–Crippen MR) is 277 cm³/mol. The fourth-order valence-electron chi connectivity index (χ4n) is 11.2. The molecule has 0 spiro atoms. The van der Waals surface area contributed by atoms with Crippen LogP contribution in [0.4, 0.5) is 17.1 Å². The Hall–Kier alpha value is -8.04. The number of hydrogen-bond donors (Lipinski definition) is 0. The molecular formula is C64H43NS. The van der Waals surface area contributed by atoms with Crippen LogP contribution in [0.2, 0.25) is 0 Å². The summed E-state index contributed by atoms with van der Waals surface area (Å²) in [6.07, 6.45) is 0. The van der Waals surface area contributed by atoms with Gasteiger partial charge in [0.05, 0.1) is 16.3 Å². The van der Waals surface area contributed by atoms with Gasteiger partial charge in [-0.1, -0.05) is 206 Å². The fraction of sp³-hybridized carbons (Fsp3) is 0.0312. The van der Waals surface area contributed by atoms with Gasteiger partial charge >= 0.3 is 0 Å². The van der Waals surface area contributed by atoms with Gasteiger partial charge in [-0.2, -0.15) is 0 Å². The SMILES string of the molecule is [2H]c1c([2H])c(N(c2ccc3c(c2)-c2ccccc2C3(c2ccccc2)c2ccccc2)c2ccc3c(c2)C(c2ccccc2)(c2ccccc2)c2ccccc2-3)c([2H])c([2H])c1-c1ccc2ccsc2c1. The normalized spacial score (nSPS) is 14.5. The zero-order valence-corrected chi connectivity index (χ0v) is 36.7. The maximum absolute atomic E-state index is 10.0. The van der Waals surface area contributed by atoms with Crippen molar-refractivity contribution in [2.75, 3.05) is 4.90 Å². The topological polar surface area (TPSA) is 3.24 Å². The van der Waals surface area contributed by atoms with Gasteiger partial charge in [-0.15, -0.1) is 11.3 Å². The van der Waals surface area contributed by atoms with E-state index in [2.05, 4.69) is 212 Å². The summed E-state index contributed by atoms with van der Waals surface area (Å²) in [5.74, 6) is 0. The maximum atomic E-state index is 10.0. The Bertz CT molecular complexity index is 3720. The lowest BCUT2D eigenvalue weighted by Crippen LogP contribution is -2.28. The number of hydrogen-bond acceptors (Lipinski definition) is 2. The van der Waals surface area contributed by atoms with E-state index in [1.807, 2.05) is 28.5 Å². The molecule has 1 heterocycles. The number of nitrogens with zero attached hydrogens (tertiary/aromatic N) is 1. The largest absolute Gasteiger partial charge is 0.310 e. The van der Waals surface area contributed by atoms with Crippen molar-refractivity contribution in [3.8, 4) is 33.4 Å². The summed E-state index contributed by atoms with van der Waals surface area (Å²) in [6.45, 7) is 0. The van der Waals surface area contributed by atoms with Crippen molar-refractivity contribution in [1.29, 1.82) is 0 Å². The van der Waals surface area contributed by atoms with Crippen LogP contribution in [-0.4, -0.2) is 0 Å². The number of benzene rings is 10. The molecule has 66 heavy (non-hydrogen) atoms. The smallest absolute Gasteiger partial charge is 0.0714 e. The fourth-order valence-corrected chi connectivity index (χ4v) is 12.1. The summed E-state index contributed by atoms with van der Waals surface area (Å²) >= 11 is 1.60. The minimum Gasteiger partial charge on any atom is -0.310 e. The average Bonchev–Trinajstić information content (AvgIpc) is 4.10. The second kappa shape index (κ2) is 15.3. The minimum absolute atomic E-state index is 0.0907. The highest BCUT2D eigenvalue weighted by atomic mass is 32.1. The number of anilines is 3. The Labute approximate surface area is 395 Å². The molecule has 0 saturated carbocycles. The van der Waals surface area contributed by atoms with Gasteiger partial charge in [0.1, 0.15) is 0 Å². The van der Waals surface area contributed by atoms with E-state index < -0.39 is 10.8 Å². The molecule has 10 aromatic carbocycles. The van der Waals surface area contributed by atoms with E-state index >= 15 is 0 Å². The first-order chi connectivity index (χ1) is 34.4. The maximum Gasteiger partial charge on any atom is 0.0714 e. The lowest BCUT2D eigenvalue weighted by Gasteiger charge is -2.35. The third kappa shape index (κ3) is 5.65. The molecule has 13 rings (SSSR count). The molecular weight excluding hydrogens is 815 g/mol. The molecule has 1 aromatic heterocycles. The van der Waals surface area contributed by atoms with E-state index in [9.17, 15) is 5.48 Å². The van der Waals surface area contributed by atoms with Crippen molar-refractivity contribution in [3.63, 3.8) is 0 Å². The summed E-state index contributed by atoms with van der Waals surface area (Å²) in [4.78, 5) is 1.98. The van der Waals surface area contributed by atoms with Gasteiger partial charge in [0.2, 0.25) is 0 Å². The lowest BCUT2D eigenvalue weighted by atomic mass is 9.67. The highest BCUT2D eigenvalue weighted by Gasteiger charge is 2.48. The van der Waals surface area contributed by atoms with Crippen molar-refractivity contribution in [2.24, 2.45) is 0 Å². The van der Waals surface area contributed by atoms with Gasteiger partial charge in [0.15, 0.2) is 0 Å². The molecule has 0 fully saturated rings. The Kier molecular flexibility index (Phi) is 7.97. The van der Waals surface area contributed by atoms with Crippen molar-refractivity contribution >= 4 is 38.5 Å². The van der Waals surface area contributed by atoms with Gasteiger partial charge in [0.25, 0.3) is 0 Å². The summed E-state index contributed by atoms with van der Waals surface area (Å²) in [5, 5.41) is 3.11. The van der Waals surface area contributed by atoms with Crippen molar-refractivity contribution in [2.45, 2.75) is 10.8 Å². The zero-order chi connectivity index (χ0) is 47.1. The number of fused-ring (bicyclic) bond motifs is 7. The Morgan fingerprint density at radius 2 is 0.803 bits per heavy atom. The van der Waals surface area contributed by atoms with Crippen LogP contribution in [0.5, 0.6) is 0 Å². The average molecular weight is 862 g/mol. The molecule has 0 aliphatic heterocycles. The van der Waals surface area contributed by atoms with Crippen LogP contribution in [-0.2, 0) is 10.8 Å². The first-order valence-electron chi connectivity index (χ1n) is 24.5. The van der Waals surface area contributed by atoms with Gasteiger partial charge in [-0.25, -0.2) is 0 Å². The molecule has 2 aliphatic rings. The summed E-state index contributed by atoms with van der Waals surface area (Å²) < 4.78 is 40.6. The van der Waals surface area contributed by atoms with Gasteiger partial charge < -0.3 is 4.90 Å². The van der Waals surface area contributed by atoms with E-state index in [1.54, 1.807) is 11.3 Å². The molecule has 0 N–H and O–H groups in total. The van der Waals surface area contributed by atoms with E-state index in [-0.39, 0.29) is 35.4 Å². The lowest BCUT2D eigenvalue weighted by molar-refractivity contribution is 0.768. The van der Waals surface area contributed by atoms with Crippen LogP contribution < -0.4 is 4.90 Å². The molecule has 0 radical (unpaired) electrons. The quantitative estimate of drug-likeness (QED) is 0.147. The van der Waals surface area contributed by atoms with E-state index in [0.717, 1.165) is 77.1 Å². The van der Waals surface area contributed by atoms with Crippen molar-refractivity contribution < 1.29 is 5.48 Å². The predicted octanol–water partition coefficient (Wildman–Crippen LogP) is 16.8. The van der Waals surface area contributed by atoms with Crippen LogP contribution >= 0.6 is 11.3 Å². The minimum atomic E-state index is -0.711. The van der Waals surface area contributed by atoms with Gasteiger partial charge in [-0.3, -0.25) is 0 Å². The molecule has 11 aromatic rings. The summed E-state index contributed by atoms with van der Waals surface area (Å²) in [7, 11) is 0. The Morgan fingerprint density at radius 1 is 0.333 bits per heavy atom. The summed E-state index contributed by atoms with van der Waals surface area (Å²) in [5.41, 5.74) is 14.7. The molecule has 1 nitrogen and oxygen atoms in total. The van der Waals surface area contributed by atoms with Gasteiger partial charge in [0, 0.05) is 21.8 Å². The first-order valence-corrected chi connectivity index (χ1v) is 23.4. The third-order valence-electron chi connectivity index (χ3n) is 14.0. The zero-order valence-electron chi connectivity index (χ0n) is 39.9. The molecule has 0 saturated heterocycles. The van der Waals surface area contributed by atoms with Crippen molar-refractivity contribution in [3.05, 3.63) is 305 Å². The van der Waals surface area contributed by atoms with Crippen molar-refractivity contribution in [1.82, 2.24) is 0 Å².